The molecule has 0 fully saturated rings. The summed E-state index contributed by atoms with van der Waals surface area (Å²) in [7, 11) is 0. The third kappa shape index (κ3) is 5.19. The second-order valence-electron chi connectivity index (χ2n) is 13.8. The summed E-state index contributed by atoms with van der Waals surface area (Å²) in [4.78, 5) is 3.86. The lowest BCUT2D eigenvalue weighted by atomic mass is 9.92. The molecule has 0 N–H and O–H groups in total. The number of aryl methyl sites for hydroxylation is 3. The highest BCUT2D eigenvalue weighted by Crippen LogP contribution is 2.46. The molecular weight excluding hydrogens is 664 g/mol. The van der Waals surface area contributed by atoms with Crippen LogP contribution in [0, 0.1) is 27.3 Å². The van der Waals surface area contributed by atoms with Crippen LogP contribution in [0.4, 0.5) is 18.9 Å². The van der Waals surface area contributed by atoms with Gasteiger partial charge in [0.2, 0.25) is 0 Å². The van der Waals surface area contributed by atoms with Crippen molar-refractivity contribution in [2.24, 2.45) is 0 Å². The second-order valence-corrected chi connectivity index (χ2v) is 13.8. The third-order valence-electron chi connectivity index (χ3n) is 10.3. The van der Waals surface area contributed by atoms with E-state index in [0.717, 1.165) is 77.2 Å². The number of hydrogen-bond acceptors (Lipinski definition) is 0. The number of halogens is 3. The Labute approximate surface area is 304 Å². The van der Waals surface area contributed by atoms with Crippen LogP contribution in [-0.2, 0) is 6.18 Å². The molecule has 0 aliphatic carbocycles. The molecule has 2 aromatic heterocycles. The minimum absolute atomic E-state index is 0.461. The van der Waals surface area contributed by atoms with Gasteiger partial charge >= 0.3 is 6.18 Å². The fraction of sp³-hybridized carbons (Fsp3) is 0.0851. The summed E-state index contributed by atoms with van der Waals surface area (Å²) < 4.78 is 47.6. The van der Waals surface area contributed by atoms with Gasteiger partial charge in [0.25, 0.3) is 0 Å². The normalized spacial score (nSPS) is 11.9. The zero-order chi connectivity index (χ0) is 36.6. The fourth-order valence-electron chi connectivity index (χ4n) is 8.02. The molecule has 2 heterocycles. The van der Waals surface area contributed by atoms with E-state index >= 15 is 0 Å². The van der Waals surface area contributed by atoms with Gasteiger partial charge in [-0.1, -0.05) is 90.0 Å². The van der Waals surface area contributed by atoms with Gasteiger partial charge in [-0.25, -0.2) is 4.85 Å². The van der Waals surface area contributed by atoms with E-state index in [1.54, 1.807) is 6.92 Å². The van der Waals surface area contributed by atoms with E-state index in [1.807, 2.05) is 66.7 Å². The summed E-state index contributed by atoms with van der Waals surface area (Å²) in [6, 6.07) is 45.1. The first-order chi connectivity index (χ1) is 25.6. The molecule has 0 amide bonds. The standard InChI is InChI=1S/C47H32F3N3/c1-28-16-19-43-38(24-28)35-10-5-7-14-41(35)52(43)44-21-18-33(51-4)27-40(44)37-13-9-12-34(31-22-30(3)23-32(26-31)47(48,49)50)46(37)53-42-15-8-6-11-36(42)39-25-29(2)17-20-45(39)53/h5-27H,1-3H3. The van der Waals surface area contributed by atoms with Crippen LogP contribution >= 0.6 is 0 Å². The lowest BCUT2D eigenvalue weighted by molar-refractivity contribution is -0.137. The van der Waals surface area contributed by atoms with E-state index in [0.29, 0.717) is 22.4 Å². The van der Waals surface area contributed by atoms with Gasteiger partial charge in [-0.05, 0) is 98.1 Å². The maximum atomic E-state index is 14.4. The molecule has 0 aliphatic heterocycles. The van der Waals surface area contributed by atoms with Crippen LogP contribution in [0.15, 0.2) is 140 Å². The predicted molar refractivity (Wildman–Crippen MR) is 211 cm³/mol. The molecule has 7 aromatic carbocycles. The molecule has 9 aromatic rings. The van der Waals surface area contributed by atoms with Crippen molar-refractivity contribution in [3.63, 3.8) is 0 Å². The maximum absolute atomic E-state index is 14.4. The predicted octanol–water partition coefficient (Wildman–Crippen LogP) is 13.7. The Morgan fingerprint density at radius 1 is 0.491 bits per heavy atom. The van der Waals surface area contributed by atoms with Gasteiger partial charge in [-0.3, -0.25) is 0 Å². The molecule has 0 bridgehead atoms. The molecule has 0 saturated carbocycles. The van der Waals surface area contributed by atoms with Crippen LogP contribution < -0.4 is 0 Å². The molecule has 0 saturated heterocycles. The van der Waals surface area contributed by atoms with Gasteiger partial charge in [0, 0.05) is 32.7 Å². The summed E-state index contributed by atoms with van der Waals surface area (Å²) >= 11 is 0. The molecule has 0 unspecified atom stereocenters. The number of benzene rings is 7. The van der Waals surface area contributed by atoms with E-state index in [1.165, 1.54) is 12.1 Å². The van der Waals surface area contributed by atoms with Crippen LogP contribution in [0.3, 0.4) is 0 Å². The molecule has 6 heteroatoms. The minimum Gasteiger partial charge on any atom is -0.309 e. The zero-order valence-corrected chi connectivity index (χ0v) is 29.3. The smallest absolute Gasteiger partial charge is 0.309 e. The van der Waals surface area contributed by atoms with Gasteiger partial charge in [0.15, 0.2) is 5.69 Å². The van der Waals surface area contributed by atoms with E-state index in [-0.39, 0.29) is 0 Å². The monoisotopic (exact) mass is 695 g/mol. The Bertz CT molecular complexity index is 2990. The third-order valence-corrected chi connectivity index (χ3v) is 10.3. The number of nitrogens with zero attached hydrogens (tertiary/aromatic N) is 3. The average Bonchev–Trinajstić information content (AvgIpc) is 3.65. The van der Waals surface area contributed by atoms with Crippen molar-refractivity contribution in [1.29, 1.82) is 0 Å². The first-order valence-corrected chi connectivity index (χ1v) is 17.5. The molecule has 9 rings (SSSR count). The highest BCUT2D eigenvalue weighted by atomic mass is 19.4. The lowest BCUT2D eigenvalue weighted by Crippen LogP contribution is -2.07. The Balaban J connectivity index is 1.46. The van der Waals surface area contributed by atoms with Crippen LogP contribution in [0.5, 0.6) is 0 Å². The minimum atomic E-state index is -4.52. The summed E-state index contributed by atoms with van der Waals surface area (Å²) in [5.74, 6) is 0. The highest BCUT2D eigenvalue weighted by Gasteiger charge is 2.32. The molecule has 256 valence electrons. The zero-order valence-electron chi connectivity index (χ0n) is 29.3. The topological polar surface area (TPSA) is 14.2 Å². The molecule has 0 aliphatic rings. The summed E-state index contributed by atoms with van der Waals surface area (Å²) in [5, 5.41) is 4.32. The number of fused-ring (bicyclic) bond motifs is 6. The Morgan fingerprint density at radius 2 is 1.08 bits per heavy atom. The van der Waals surface area contributed by atoms with E-state index in [2.05, 4.69) is 88.5 Å². The summed E-state index contributed by atoms with van der Waals surface area (Å²) in [6.45, 7) is 13.9. The van der Waals surface area contributed by atoms with Crippen molar-refractivity contribution in [3.8, 4) is 33.6 Å². The molecule has 0 spiro atoms. The van der Waals surface area contributed by atoms with Gasteiger partial charge in [-0.2, -0.15) is 13.2 Å². The average molecular weight is 696 g/mol. The van der Waals surface area contributed by atoms with E-state index < -0.39 is 11.7 Å². The van der Waals surface area contributed by atoms with Crippen LogP contribution in [0.1, 0.15) is 22.3 Å². The van der Waals surface area contributed by atoms with E-state index in [4.69, 9.17) is 6.57 Å². The molecule has 3 nitrogen and oxygen atoms in total. The SMILES string of the molecule is [C-]#[N+]c1ccc(-n2c3ccccc3c3cc(C)ccc32)c(-c2cccc(-c3cc(C)cc(C(F)(F)F)c3)c2-n2c3ccccc3c3cc(C)ccc32)c1. The van der Waals surface area contributed by atoms with Gasteiger partial charge in [-0.15, -0.1) is 0 Å². The van der Waals surface area contributed by atoms with Gasteiger partial charge in [0.05, 0.1) is 45.6 Å². The Morgan fingerprint density at radius 3 is 1.72 bits per heavy atom. The Hall–Kier alpha value is -6.58. The molecular formula is C47H32F3N3. The summed E-state index contributed by atoms with van der Waals surface area (Å²) in [5.41, 5.74) is 10.7. The number of rotatable bonds is 4. The number of para-hydroxylation sites is 3. The number of hydrogen-bond donors (Lipinski definition) is 0. The van der Waals surface area contributed by atoms with Crippen LogP contribution in [-0.4, -0.2) is 9.13 Å². The van der Waals surface area contributed by atoms with Crippen molar-refractivity contribution >= 4 is 49.3 Å². The van der Waals surface area contributed by atoms with Crippen molar-refractivity contribution in [2.75, 3.05) is 0 Å². The van der Waals surface area contributed by atoms with Gasteiger partial charge < -0.3 is 9.13 Å². The van der Waals surface area contributed by atoms with Crippen LogP contribution in [0.25, 0.3) is 82.1 Å². The van der Waals surface area contributed by atoms with Crippen molar-refractivity contribution in [2.45, 2.75) is 26.9 Å². The van der Waals surface area contributed by atoms with Gasteiger partial charge in [0.1, 0.15) is 0 Å². The highest BCUT2D eigenvalue weighted by molar-refractivity contribution is 6.12. The first-order valence-electron chi connectivity index (χ1n) is 17.5. The number of aromatic nitrogens is 2. The molecule has 0 radical (unpaired) electrons. The summed E-state index contributed by atoms with van der Waals surface area (Å²) in [6.07, 6.45) is -4.52. The van der Waals surface area contributed by atoms with Crippen molar-refractivity contribution in [1.82, 2.24) is 9.13 Å². The maximum Gasteiger partial charge on any atom is 0.416 e. The molecule has 53 heavy (non-hydrogen) atoms. The van der Waals surface area contributed by atoms with Crippen molar-refractivity contribution in [3.05, 3.63) is 173 Å². The quantitative estimate of drug-likeness (QED) is 0.163. The fourth-order valence-corrected chi connectivity index (χ4v) is 8.02. The number of alkyl halides is 3. The Kier molecular flexibility index (Phi) is 7.32. The first kappa shape index (κ1) is 32.3. The second kappa shape index (κ2) is 12.0. The largest absolute Gasteiger partial charge is 0.416 e. The lowest BCUT2D eigenvalue weighted by Gasteiger charge is -2.22. The molecule has 0 atom stereocenters. The van der Waals surface area contributed by atoms with E-state index in [9.17, 15) is 13.2 Å². The van der Waals surface area contributed by atoms with Crippen LogP contribution in [0.2, 0.25) is 0 Å². The van der Waals surface area contributed by atoms with Crippen molar-refractivity contribution < 1.29 is 13.2 Å².